The van der Waals surface area contributed by atoms with Crippen LogP contribution in [0.3, 0.4) is 0 Å². The first-order valence-corrected chi connectivity index (χ1v) is 7.36. The molecule has 0 heterocycles. The Bertz CT molecular complexity index is 390. The van der Waals surface area contributed by atoms with Crippen molar-refractivity contribution in [3.05, 3.63) is 28.2 Å². The van der Waals surface area contributed by atoms with Crippen LogP contribution in [0.2, 0.25) is 0 Å². The molecule has 1 N–H and O–H groups in total. The zero-order chi connectivity index (χ0) is 13.9. The molecular weight excluding hydrogens is 290 g/mol. The largest absolute Gasteiger partial charge is 0.508 e. The van der Waals surface area contributed by atoms with Crippen LogP contribution in [0.5, 0.6) is 5.75 Å². The molecule has 0 aliphatic heterocycles. The van der Waals surface area contributed by atoms with Crippen molar-refractivity contribution in [3.63, 3.8) is 0 Å². The van der Waals surface area contributed by atoms with E-state index in [9.17, 15) is 5.11 Å². The fraction of sp³-hybridized carbons (Fsp3) is 0.600. The Morgan fingerprint density at radius 2 is 1.78 bits per heavy atom. The van der Waals surface area contributed by atoms with E-state index in [1.165, 1.54) is 0 Å². The molecule has 18 heavy (non-hydrogen) atoms. The molecule has 0 amide bonds. The molecule has 0 spiro atoms. The molecule has 1 atom stereocenters. The number of nitrogens with zero attached hydrogens (tertiary/aromatic N) is 1. The lowest BCUT2D eigenvalue weighted by Crippen LogP contribution is -2.36. The molecule has 0 saturated carbocycles. The second-order valence-electron chi connectivity index (χ2n) is 5.56. The van der Waals surface area contributed by atoms with Crippen molar-refractivity contribution in [2.45, 2.75) is 46.7 Å². The molecule has 1 rings (SSSR count). The summed E-state index contributed by atoms with van der Waals surface area (Å²) < 4.78 is 1.01. The third-order valence-electron chi connectivity index (χ3n) is 3.18. The topological polar surface area (TPSA) is 23.5 Å². The van der Waals surface area contributed by atoms with Crippen molar-refractivity contribution in [1.82, 2.24) is 4.90 Å². The van der Waals surface area contributed by atoms with Crippen LogP contribution in [-0.2, 0) is 0 Å². The molecule has 1 aromatic rings. The van der Waals surface area contributed by atoms with Gasteiger partial charge < -0.3 is 5.11 Å². The van der Waals surface area contributed by atoms with Gasteiger partial charge in [0.2, 0.25) is 0 Å². The highest BCUT2D eigenvalue weighted by Crippen LogP contribution is 2.32. The van der Waals surface area contributed by atoms with Crippen molar-refractivity contribution in [2.75, 3.05) is 6.54 Å². The standard InChI is InChI=1S/C15H24BrNO/c1-10(2)9-17(11(3)4)12(5)14-8-13(16)6-7-15(14)18/h6-8,10-12,18H,9H2,1-5H3. The maximum absolute atomic E-state index is 10.0. The Morgan fingerprint density at radius 3 is 2.28 bits per heavy atom. The molecule has 3 heteroatoms. The maximum atomic E-state index is 10.0. The molecule has 1 unspecified atom stereocenters. The van der Waals surface area contributed by atoms with Crippen molar-refractivity contribution in [2.24, 2.45) is 5.92 Å². The molecule has 0 saturated heterocycles. The van der Waals surface area contributed by atoms with Gasteiger partial charge >= 0.3 is 0 Å². The normalized spacial score (nSPS) is 13.6. The molecule has 102 valence electrons. The van der Waals surface area contributed by atoms with Crippen LogP contribution in [0.4, 0.5) is 0 Å². The Morgan fingerprint density at radius 1 is 1.17 bits per heavy atom. The highest BCUT2D eigenvalue weighted by atomic mass is 79.9. The predicted octanol–water partition coefficient (Wildman–Crippen LogP) is 4.58. The summed E-state index contributed by atoms with van der Waals surface area (Å²) in [6.45, 7) is 12.0. The number of rotatable bonds is 5. The van der Waals surface area contributed by atoms with Gasteiger partial charge in [0.25, 0.3) is 0 Å². The summed E-state index contributed by atoms with van der Waals surface area (Å²) in [5, 5.41) is 10.0. The van der Waals surface area contributed by atoms with Crippen molar-refractivity contribution in [3.8, 4) is 5.75 Å². The number of hydrogen-bond donors (Lipinski definition) is 1. The summed E-state index contributed by atoms with van der Waals surface area (Å²) in [6.07, 6.45) is 0. The van der Waals surface area contributed by atoms with E-state index in [2.05, 4.69) is 55.4 Å². The molecule has 2 nitrogen and oxygen atoms in total. The highest BCUT2D eigenvalue weighted by Gasteiger charge is 2.22. The minimum atomic E-state index is 0.213. The first-order chi connectivity index (χ1) is 8.32. The smallest absolute Gasteiger partial charge is 0.120 e. The lowest BCUT2D eigenvalue weighted by molar-refractivity contribution is 0.143. The van der Waals surface area contributed by atoms with Gasteiger partial charge in [-0.2, -0.15) is 0 Å². The van der Waals surface area contributed by atoms with Gasteiger partial charge in [-0.3, -0.25) is 4.90 Å². The van der Waals surface area contributed by atoms with Crippen LogP contribution >= 0.6 is 15.9 Å². The first-order valence-electron chi connectivity index (χ1n) is 6.57. The van der Waals surface area contributed by atoms with E-state index in [1.54, 1.807) is 6.07 Å². The van der Waals surface area contributed by atoms with Gasteiger partial charge in [-0.15, -0.1) is 0 Å². The summed E-state index contributed by atoms with van der Waals surface area (Å²) >= 11 is 3.47. The van der Waals surface area contributed by atoms with Crippen molar-refractivity contribution >= 4 is 15.9 Å². The van der Waals surface area contributed by atoms with E-state index in [1.807, 2.05) is 12.1 Å². The fourth-order valence-corrected chi connectivity index (χ4v) is 2.66. The molecule has 0 radical (unpaired) electrons. The quantitative estimate of drug-likeness (QED) is 0.860. The molecular formula is C15H24BrNO. The summed E-state index contributed by atoms with van der Waals surface area (Å²) in [4.78, 5) is 2.42. The lowest BCUT2D eigenvalue weighted by Gasteiger charge is -2.34. The summed E-state index contributed by atoms with van der Waals surface area (Å²) in [5.41, 5.74) is 0.985. The van der Waals surface area contributed by atoms with E-state index >= 15 is 0 Å². The third kappa shape index (κ3) is 3.99. The number of halogens is 1. The first kappa shape index (κ1) is 15.5. The van der Waals surface area contributed by atoms with Crippen LogP contribution in [0, 0.1) is 5.92 Å². The Balaban J connectivity index is 3.01. The van der Waals surface area contributed by atoms with E-state index in [-0.39, 0.29) is 6.04 Å². The average molecular weight is 314 g/mol. The van der Waals surface area contributed by atoms with Gasteiger partial charge in [0.05, 0.1) is 0 Å². The Hall–Kier alpha value is -0.540. The summed E-state index contributed by atoms with van der Waals surface area (Å²) in [6, 6.07) is 6.30. The number of phenolic OH excluding ortho intramolecular Hbond substituents is 1. The minimum Gasteiger partial charge on any atom is -0.508 e. The molecule has 0 aromatic heterocycles. The SMILES string of the molecule is CC(C)CN(C(C)C)C(C)c1cc(Br)ccc1O. The van der Waals surface area contributed by atoms with Crippen LogP contribution in [0.15, 0.2) is 22.7 Å². The Labute approximate surface area is 119 Å². The van der Waals surface area contributed by atoms with E-state index < -0.39 is 0 Å². The molecule has 0 bridgehead atoms. The number of hydrogen-bond acceptors (Lipinski definition) is 2. The van der Waals surface area contributed by atoms with Crippen LogP contribution in [-0.4, -0.2) is 22.6 Å². The average Bonchev–Trinajstić information content (AvgIpc) is 2.27. The van der Waals surface area contributed by atoms with Crippen molar-refractivity contribution < 1.29 is 5.11 Å². The van der Waals surface area contributed by atoms with Gasteiger partial charge in [0.1, 0.15) is 5.75 Å². The van der Waals surface area contributed by atoms with Crippen molar-refractivity contribution in [1.29, 1.82) is 0 Å². The predicted molar refractivity (Wildman–Crippen MR) is 80.9 cm³/mol. The molecule has 0 fully saturated rings. The Kier molecular flexibility index (Phi) is 5.67. The number of benzene rings is 1. The van der Waals surface area contributed by atoms with E-state index in [4.69, 9.17) is 0 Å². The zero-order valence-electron chi connectivity index (χ0n) is 11.9. The van der Waals surface area contributed by atoms with Gasteiger partial charge in [-0.1, -0.05) is 29.8 Å². The minimum absolute atomic E-state index is 0.213. The van der Waals surface area contributed by atoms with Gasteiger partial charge in [-0.25, -0.2) is 0 Å². The lowest BCUT2D eigenvalue weighted by atomic mass is 10.0. The molecule has 1 aromatic carbocycles. The molecule has 0 aliphatic rings. The number of aromatic hydroxyl groups is 1. The number of phenols is 1. The molecule has 0 aliphatic carbocycles. The van der Waals surface area contributed by atoms with Gasteiger partial charge in [0, 0.05) is 28.7 Å². The summed E-state index contributed by atoms with van der Waals surface area (Å²) in [5.74, 6) is 0.990. The zero-order valence-corrected chi connectivity index (χ0v) is 13.5. The van der Waals surface area contributed by atoms with Crippen LogP contribution < -0.4 is 0 Å². The van der Waals surface area contributed by atoms with Crippen LogP contribution in [0.25, 0.3) is 0 Å². The highest BCUT2D eigenvalue weighted by molar-refractivity contribution is 9.10. The third-order valence-corrected chi connectivity index (χ3v) is 3.67. The van der Waals surface area contributed by atoms with Crippen LogP contribution in [0.1, 0.15) is 46.2 Å². The van der Waals surface area contributed by atoms with Gasteiger partial charge in [-0.05, 0) is 44.9 Å². The van der Waals surface area contributed by atoms with E-state index in [0.717, 1.165) is 16.6 Å². The van der Waals surface area contributed by atoms with Gasteiger partial charge in [0.15, 0.2) is 0 Å². The monoisotopic (exact) mass is 313 g/mol. The van der Waals surface area contributed by atoms with E-state index in [0.29, 0.717) is 17.7 Å². The maximum Gasteiger partial charge on any atom is 0.120 e. The fourth-order valence-electron chi connectivity index (χ4n) is 2.28. The second kappa shape index (κ2) is 6.58. The second-order valence-corrected chi connectivity index (χ2v) is 6.48. The summed E-state index contributed by atoms with van der Waals surface area (Å²) in [7, 11) is 0.